The Hall–Kier alpha value is -1.84. The number of nitrogens with zero attached hydrogens (tertiary/aromatic N) is 2. The molecular formula is C20H26N2O. The van der Waals surface area contributed by atoms with E-state index in [0.717, 1.165) is 38.5 Å². The highest BCUT2D eigenvalue weighted by molar-refractivity contribution is 5.81. The van der Waals surface area contributed by atoms with Gasteiger partial charge >= 0.3 is 0 Å². The Kier molecular flexibility index (Phi) is 5.31. The lowest BCUT2D eigenvalue weighted by atomic mass is 10.0. The first-order valence-corrected chi connectivity index (χ1v) is 8.48. The van der Waals surface area contributed by atoms with E-state index in [9.17, 15) is 0 Å². The smallest absolute Gasteiger partial charge is 0.126 e. The summed E-state index contributed by atoms with van der Waals surface area (Å²) in [6.07, 6.45) is 3.90. The second-order valence-corrected chi connectivity index (χ2v) is 6.46. The molecule has 0 unspecified atom stereocenters. The van der Waals surface area contributed by atoms with Gasteiger partial charge in [0.05, 0.1) is 6.26 Å². The van der Waals surface area contributed by atoms with E-state index in [0.29, 0.717) is 6.04 Å². The lowest BCUT2D eigenvalue weighted by Gasteiger charge is -2.37. The summed E-state index contributed by atoms with van der Waals surface area (Å²) in [6.45, 7) is 10.1. The number of hydrogen-bond acceptors (Lipinski definition) is 3. The zero-order valence-electron chi connectivity index (χ0n) is 14.1. The fraction of sp³-hybridized carbons (Fsp3) is 0.400. The minimum atomic E-state index is 0.643. The highest BCUT2D eigenvalue weighted by Gasteiger charge is 2.19. The van der Waals surface area contributed by atoms with Crippen LogP contribution in [-0.4, -0.2) is 48.6 Å². The van der Waals surface area contributed by atoms with Crippen LogP contribution in [0.15, 0.2) is 53.1 Å². The van der Waals surface area contributed by atoms with Crippen molar-refractivity contribution < 1.29 is 4.42 Å². The van der Waals surface area contributed by atoms with Crippen molar-refractivity contribution >= 4 is 11.6 Å². The first kappa shape index (κ1) is 16.0. The van der Waals surface area contributed by atoms with E-state index >= 15 is 0 Å². The van der Waals surface area contributed by atoms with Gasteiger partial charge in [0.25, 0.3) is 0 Å². The van der Waals surface area contributed by atoms with Gasteiger partial charge in [0.2, 0.25) is 0 Å². The van der Waals surface area contributed by atoms with Crippen molar-refractivity contribution in [2.45, 2.75) is 19.9 Å². The summed E-state index contributed by atoms with van der Waals surface area (Å²) in [5.41, 5.74) is 2.59. The average molecular weight is 310 g/mol. The molecule has 0 atom stereocenters. The van der Waals surface area contributed by atoms with Gasteiger partial charge in [-0.25, -0.2) is 0 Å². The van der Waals surface area contributed by atoms with Crippen LogP contribution in [0.5, 0.6) is 0 Å². The largest absolute Gasteiger partial charge is 0.465 e. The van der Waals surface area contributed by atoms with E-state index in [-0.39, 0.29) is 0 Å². The summed E-state index contributed by atoms with van der Waals surface area (Å²) < 4.78 is 5.52. The predicted octanol–water partition coefficient (Wildman–Crippen LogP) is 3.85. The van der Waals surface area contributed by atoms with Gasteiger partial charge in [-0.05, 0) is 43.2 Å². The van der Waals surface area contributed by atoms with Crippen LogP contribution in [0.1, 0.15) is 25.2 Å². The summed E-state index contributed by atoms with van der Waals surface area (Å²) in [5.74, 6) is 0.921. The van der Waals surface area contributed by atoms with Crippen molar-refractivity contribution in [2.24, 2.45) is 0 Å². The number of furan rings is 1. The molecule has 3 rings (SSSR count). The molecule has 1 fully saturated rings. The second kappa shape index (κ2) is 7.62. The molecule has 1 saturated heterocycles. The monoisotopic (exact) mass is 310 g/mol. The van der Waals surface area contributed by atoms with Crippen molar-refractivity contribution in [3.05, 3.63) is 60.1 Å². The van der Waals surface area contributed by atoms with Gasteiger partial charge in [0.1, 0.15) is 5.76 Å². The van der Waals surface area contributed by atoms with Gasteiger partial charge in [0, 0.05) is 38.8 Å². The molecule has 2 aromatic rings. The van der Waals surface area contributed by atoms with Crippen LogP contribution in [-0.2, 0) is 0 Å². The Morgan fingerprint density at radius 2 is 1.78 bits per heavy atom. The molecule has 122 valence electrons. The average Bonchev–Trinajstić information content (AvgIpc) is 3.09. The van der Waals surface area contributed by atoms with Crippen LogP contribution in [0.2, 0.25) is 0 Å². The Labute approximate surface area is 139 Å². The lowest BCUT2D eigenvalue weighted by Crippen LogP contribution is -2.49. The Morgan fingerprint density at radius 1 is 1.04 bits per heavy atom. The van der Waals surface area contributed by atoms with E-state index in [1.165, 1.54) is 11.1 Å². The molecule has 1 aliphatic heterocycles. The molecule has 0 bridgehead atoms. The molecule has 0 aliphatic carbocycles. The third-order valence-electron chi connectivity index (χ3n) is 4.54. The third-order valence-corrected chi connectivity index (χ3v) is 4.54. The van der Waals surface area contributed by atoms with E-state index in [4.69, 9.17) is 4.42 Å². The van der Waals surface area contributed by atoms with Crippen LogP contribution in [0, 0.1) is 0 Å². The van der Waals surface area contributed by atoms with Crippen molar-refractivity contribution in [3.63, 3.8) is 0 Å². The van der Waals surface area contributed by atoms with Gasteiger partial charge in [-0.1, -0.05) is 30.3 Å². The maximum atomic E-state index is 5.52. The molecule has 0 N–H and O–H groups in total. The minimum Gasteiger partial charge on any atom is -0.465 e. The van der Waals surface area contributed by atoms with E-state index < -0.39 is 0 Å². The van der Waals surface area contributed by atoms with Crippen LogP contribution < -0.4 is 0 Å². The maximum Gasteiger partial charge on any atom is 0.126 e. The Morgan fingerprint density at radius 3 is 2.39 bits per heavy atom. The zero-order valence-corrected chi connectivity index (χ0v) is 14.1. The summed E-state index contributed by atoms with van der Waals surface area (Å²) in [6, 6.07) is 15.2. The van der Waals surface area contributed by atoms with Gasteiger partial charge in [-0.3, -0.25) is 9.80 Å². The van der Waals surface area contributed by atoms with Crippen molar-refractivity contribution in [1.82, 2.24) is 9.80 Å². The highest BCUT2D eigenvalue weighted by atomic mass is 16.3. The van der Waals surface area contributed by atoms with Crippen LogP contribution >= 0.6 is 0 Å². The molecule has 1 aromatic carbocycles. The quantitative estimate of drug-likeness (QED) is 0.836. The molecule has 3 heteroatoms. The second-order valence-electron chi connectivity index (χ2n) is 6.46. The molecular weight excluding hydrogens is 284 g/mol. The highest BCUT2D eigenvalue weighted by Crippen LogP contribution is 2.21. The summed E-state index contributed by atoms with van der Waals surface area (Å²) in [5, 5.41) is 0. The molecule has 1 aromatic heterocycles. The van der Waals surface area contributed by atoms with Crippen molar-refractivity contribution in [1.29, 1.82) is 0 Å². The lowest BCUT2D eigenvalue weighted by molar-refractivity contribution is 0.118. The molecule has 2 heterocycles. The number of benzene rings is 1. The Bertz CT molecular complexity index is 608. The van der Waals surface area contributed by atoms with E-state index in [1.54, 1.807) is 6.26 Å². The van der Waals surface area contributed by atoms with Gasteiger partial charge in [-0.2, -0.15) is 0 Å². The molecule has 1 aliphatic rings. The SMILES string of the molecule is CC(C)N1CCN(C/C(=C/c2ccco2)c2ccccc2)CC1. The van der Waals surface area contributed by atoms with E-state index in [1.807, 2.05) is 12.1 Å². The summed E-state index contributed by atoms with van der Waals surface area (Å²) >= 11 is 0. The predicted molar refractivity (Wildman–Crippen MR) is 96.2 cm³/mol. The normalized spacial score (nSPS) is 17.8. The van der Waals surface area contributed by atoms with Gasteiger partial charge in [-0.15, -0.1) is 0 Å². The molecule has 3 nitrogen and oxygen atoms in total. The first-order valence-electron chi connectivity index (χ1n) is 8.48. The summed E-state index contributed by atoms with van der Waals surface area (Å²) in [7, 11) is 0. The Balaban J connectivity index is 1.73. The number of rotatable bonds is 5. The number of hydrogen-bond donors (Lipinski definition) is 0. The third kappa shape index (κ3) is 4.34. The minimum absolute atomic E-state index is 0.643. The molecule has 0 amide bonds. The first-order chi connectivity index (χ1) is 11.2. The maximum absolute atomic E-state index is 5.52. The number of piperazine rings is 1. The standard InChI is InChI=1S/C20H26N2O/c1-17(2)22-12-10-21(11-13-22)16-19(15-20-9-6-14-23-20)18-7-4-3-5-8-18/h3-9,14-15,17H,10-13,16H2,1-2H3/b19-15-. The summed E-state index contributed by atoms with van der Waals surface area (Å²) in [4.78, 5) is 5.09. The van der Waals surface area contributed by atoms with Crippen LogP contribution in [0.4, 0.5) is 0 Å². The van der Waals surface area contributed by atoms with Gasteiger partial charge < -0.3 is 4.42 Å². The van der Waals surface area contributed by atoms with Crippen LogP contribution in [0.3, 0.4) is 0 Å². The fourth-order valence-corrected chi connectivity index (χ4v) is 3.10. The zero-order chi connectivity index (χ0) is 16.1. The molecule has 0 spiro atoms. The van der Waals surface area contributed by atoms with Crippen molar-refractivity contribution in [2.75, 3.05) is 32.7 Å². The topological polar surface area (TPSA) is 19.6 Å². The fourth-order valence-electron chi connectivity index (χ4n) is 3.10. The van der Waals surface area contributed by atoms with Gasteiger partial charge in [0.15, 0.2) is 0 Å². The molecule has 0 radical (unpaired) electrons. The van der Waals surface area contributed by atoms with Crippen molar-refractivity contribution in [3.8, 4) is 0 Å². The molecule has 0 saturated carbocycles. The van der Waals surface area contributed by atoms with Crippen LogP contribution in [0.25, 0.3) is 11.6 Å². The molecule has 23 heavy (non-hydrogen) atoms. The van der Waals surface area contributed by atoms with E-state index in [2.05, 4.69) is 60.1 Å².